The molecule has 1 aromatic heterocycles. The van der Waals surface area contributed by atoms with Crippen molar-refractivity contribution in [3.8, 4) is 0 Å². The van der Waals surface area contributed by atoms with Crippen molar-refractivity contribution in [2.24, 2.45) is 0 Å². The van der Waals surface area contributed by atoms with Crippen molar-refractivity contribution < 1.29 is 14.6 Å². The smallest absolute Gasteiger partial charge is 0.340 e. The van der Waals surface area contributed by atoms with E-state index in [0.29, 0.717) is 17.3 Å². The molecule has 0 amide bonds. The van der Waals surface area contributed by atoms with Crippen molar-refractivity contribution in [1.82, 2.24) is 4.37 Å². The highest BCUT2D eigenvalue weighted by Crippen LogP contribution is 2.27. The molecule has 0 bridgehead atoms. The number of hydrogen-bond acceptors (Lipinski definition) is 5. The largest absolute Gasteiger partial charge is 0.478 e. The Morgan fingerprint density at radius 1 is 1.62 bits per heavy atom. The van der Waals surface area contributed by atoms with Gasteiger partial charge in [0.2, 0.25) is 0 Å². The summed E-state index contributed by atoms with van der Waals surface area (Å²) in [5.41, 5.74) is 0.458. The van der Waals surface area contributed by atoms with Gasteiger partial charge in [-0.05, 0) is 32.3 Å². The van der Waals surface area contributed by atoms with Gasteiger partial charge in [-0.3, -0.25) is 0 Å². The third-order valence-corrected chi connectivity index (χ3v) is 2.89. The van der Waals surface area contributed by atoms with Crippen LogP contribution in [-0.4, -0.2) is 34.7 Å². The Labute approximate surface area is 98.6 Å². The third kappa shape index (κ3) is 2.93. The first-order valence-corrected chi connectivity index (χ1v) is 5.61. The minimum Gasteiger partial charge on any atom is -0.478 e. The molecule has 0 spiro atoms. The van der Waals surface area contributed by atoms with Gasteiger partial charge in [0.25, 0.3) is 0 Å². The number of aryl methyl sites for hydroxylation is 1. The van der Waals surface area contributed by atoms with E-state index in [1.807, 2.05) is 13.8 Å². The summed E-state index contributed by atoms with van der Waals surface area (Å²) in [4.78, 5) is 11.0. The number of ether oxygens (including phenoxy) is 1. The Bertz CT molecular complexity index is 387. The summed E-state index contributed by atoms with van der Waals surface area (Å²) in [5, 5.41) is 12.8. The molecule has 0 atom stereocenters. The third-order valence-electron chi connectivity index (χ3n) is 2.03. The molecule has 5 nitrogen and oxygen atoms in total. The molecule has 90 valence electrons. The number of aromatic carboxylic acids is 1. The lowest BCUT2D eigenvalue weighted by Crippen LogP contribution is -2.36. The number of carbonyl (C=O) groups is 1. The maximum atomic E-state index is 11.0. The number of aromatic nitrogens is 1. The summed E-state index contributed by atoms with van der Waals surface area (Å²) in [6, 6.07) is 0. The maximum Gasteiger partial charge on any atom is 0.340 e. The number of nitrogens with one attached hydrogen (secondary N) is 1. The number of anilines is 1. The molecule has 1 heterocycles. The predicted molar refractivity (Wildman–Crippen MR) is 63.4 cm³/mol. The quantitative estimate of drug-likeness (QED) is 0.828. The Morgan fingerprint density at radius 3 is 2.75 bits per heavy atom. The molecule has 16 heavy (non-hydrogen) atoms. The van der Waals surface area contributed by atoms with E-state index in [-0.39, 0.29) is 11.1 Å². The van der Waals surface area contributed by atoms with Crippen molar-refractivity contribution in [3.05, 3.63) is 11.3 Å². The van der Waals surface area contributed by atoms with Gasteiger partial charge in [0.15, 0.2) is 0 Å². The normalized spacial score (nSPS) is 11.5. The van der Waals surface area contributed by atoms with Crippen LogP contribution in [0.3, 0.4) is 0 Å². The Hall–Kier alpha value is -1.14. The van der Waals surface area contributed by atoms with Gasteiger partial charge >= 0.3 is 5.97 Å². The number of carboxylic acids is 1. The average molecular weight is 244 g/mol. The molecule has 0 aliphatic carbocycles. The summed E-state index contributed by atoms with van der Waals surface area (Å²) in [7, 11) is 1.61. The van der Waals surface area contributed by atoms with Crippen LogP contribution in [0.2, 0.25) is 0 Å². The molecule has 0 aliphatic rings. The van der Waals surface area contributed by atoms with Crippen molar-refractivity contribution in [2.75, 3.05) is 19.0 Å². The first-order chi connectivity index (χ1) is 7.37. The molecule has 6 heteroatoms. The average Bonchev–Trinajstić information content (AvgIpc) is 2.45. The summed E-state index contributed by atoms with van der Waals surface area (Å²) in [6.45, 7) is 6.06. The molecular weight excluding hydrogens is 228 g/mol. The van der Waals surface area contributed by atoms with E-state index in [9.17, 15) is 4.79 Å². The van der Waals surface area contributed by atoms with Crippen molar-refractivity contribution in [1.29, 1.82) is 0 Å². The maximum absolute atomic E-state index is 11.0. The Balaban J connectivity index is 2.93. The lowest BCUT2D eigenvalue weighted by atomic mass is 10.1. The van der Waals surface area contributed by atoms with E-state index in [1.54, 1.807) is 14.0 Å². The highest BCUT2D eigenvalue weighted by Gasteiger charge is 2.24. The molecule has 0 saturated carbocycles. The van der Waals surface area contributed by atoms with Gasteiger partial charge < -0.3 is 15.2 Å². The van der Waals surface area contributed by atoms with E-state index in [0.717, 1.165) is 11.5 Å². The monoisotopic (exact) mass is 244 g/mol. The first kappa shape index (κ1) is 12.9. The summed E-state index contributed by atoms with van der Waals surface area (Å²) in [6.07, 6.45) is 0. The zero-order chi connectivity index (χ0) is 12.3. The predicted octanol–water partition coefficient (Wildman–Crippen LogP) is 1.99. The second-order valence-electron chi connectivity index (χ2n) is 4.22. The molecule has 1 aromatic rings. The van der Waals surface area contributed by atoms with Crippen LogP contribution in [0.5, 0.6) is 0 Å². The number of rotatable bonds is 5. The lowest BCUT2D eigenvalue weighted by Gasteiger charge is -2.25. The van der Waals surface area contributed by atoms with Gasteiger partial charge in [0.1, 0.15) is 10.6 Å². The van der Waals surface area contributed by atoms with E-state index in [2.05, 4.69) is 9.69 Å². The van der Waals surface area contributed by atoms with Crippen molar-refractivity contribution in [3.63, 3.8) is 0 Å². The molecule has 2 N–H and O–H groups in total. The van der Waals surface area contributed by atoms with Crippen LogP contribution in [0.4, 0.5) is 5.00 Å². The van der Waals surface area contributed by atoms with E-state index >= 15 is 0 Å². The van der Waals surface area contributed by atoms with Gasteiger partial charge in [-0.15, -0.1) is 0 Å². The molecule has 0 aromatic carbocycles. The number of hydrogen-bond donors (Lipinski definition) is 2. The Kier molecular flexibility index (Phi) is 3.88. The first-order valence-electron chi connectivity index (χ1n) is 4.84. The SMILES string of the molecule is COCC(C)(C)Nc1snc(C)c1C(=O)O. The van der Waals surface area contributed by atoms with Crippen LogP contribution in [0, 0.1) is 6.92 Å². The highest BCUT2D eigenvalue weighted by atomic mass is 32.1. The zero-order valence-electron chi connectivity index (χ0n) is 9.83. The topological polar surface area (TPSA) is 71.5 Å². The lowest BCUT2D eigenvalue weighted by molar-refractivity contribution is 0.0697. The second kappa shape index (κ2) is 4.80. The standard InChI is InChI=1S/C10H16N2O3S/c1-6-7(9(13)14)8(16-12-6)11-10(2,3)5-15-4/h11H,5H2,1-4H3,(H,13,14). The van der Waals surface area contributed by atoms with E-state index in [1.165, 1.54) is 0 Å². The molecule has 0 unspecified atom stereocenters. The fraction of sp³-hybridized carbons (Fsp3) is 0.600. The van der Waals surface area contributed by atoms with Gasteiger partial charge in [-0.2, -0.15) is 4.37 Å². The van der Waals surface area contributed by atoms with Crippen LogP contribution in [0.25, 0.3) is 0 Å². The molecule has 0 aliphatic heterocycles. The molecule has 0 radical (unpaired) electrons. The summed E-state index contributed by atoms with van der Waals surface area (Å²) in [5.74, 6) is -0.957. The van der Waals surface area contributed by atoms with Gasteiger partial charge in [-0.1, -0.05) is 0 Å². The van der Waals surface area contributed by atoms with Crippen LogP contribution >= 0.6 is 11.5 Å². The minimum absolute atomic E-state index is 0.245. The van der Waals surface area contributed by atoms with Crippen LogP contribution in [0.15, 0.2) is 0 Å². The number of nitrogens with zero attached hydrogens (tertiary/aromatic N) is 1. The van der Waals surface area contributed by atoms with E-state index < -0.39 is 5.97 Å². The number of methoxy groups -OCH3 is 1. The fourth-order valence-corrected chi connectivity index (χ4v) is 2.38. The molecular formula is C10H16N2O3S. The van der Waals surface area contributed by atoms with Crippen LogP contribution < -0.4 is 5.32 Å². The molecule has 1 rings (SSSR count). The number of carboxylic acid groups (broad SMARTS) is 1. The summed E-state index contributed by atoms with van der Waals surface area (Å²) < 4.78 is 9.10. The summed E-state index contributed by atoms with van der Waals surface area (Å²) >= 11 is 1.16. The van der Waals surface area contributed by atoms with Crippen molar-refractivity contribution in [2.45, 2.75) is 26.3 Å². The molecule has 0 fully saturated rings. The second-order valence-corrected chi connectivity index (χ2v) is 4.99. The fourth-order valence-electron chi connectivity index (χ4n) is 1.41. The van der Waals surface area contributed by atoms with Crippen LogP contribution in [0.1, 0.15) is 29.9 Å². The highest BCUT2D eigenvalue weighted by molar-refractivity contribution is 7.10. The van der Waals surface area contributed by atoms with Gasteiger partial charge in [-0.25, -0.2) is 4.79 Å². The Morgan fingerprint density at radius 2 is 2.25 bits per heavy atom. The van der Waals surface area contributed by atoms with Gasteiger partial charge in [0.05, 0.1) is 17.8 Å². The minimum atomic E-state index is -0.957. The van der Waals surface area contributed by atoms with E-state index in [4.69, 9.17) is 9.84 Å². The van der Waals surface area contributed by atoms with Crippen LogP contribution in [-0.2, 0) is 4.74 Å². The molecule has 0 saturated heterocycles. The van der Waals surface area contributed by atoms with Crippen molar-refractivity contribution >= 4 is 22.5 Å². The van der Waals surface area contributed by atoms with Gasteiger partial charge in [0, 0.05) is 7.11 Å². The zero-order valence-corrected chi connectivity index (χ0v) is 10.6.